The first-order valence-corrected chi connectivity index (χ1v) is 5.62. The summed E-state index contributed by atoms with van der Waals surface area (Å²) in [6, 6.07) is -0.888. The topological polar surface area (TPSA) is 66.8 Å². The summed E-state index contributed by atoms with van der Waals surface area (Å²) >= 11 is 0. The minimum atomic E-state index is -2.05. The average Bonchev–Trinajstić information content (AvgIpc) is 2.84. The normalized spacial score (nSPS) is 45.7. The van der Waals surface area contributed by atoms with Crippen LogP contribution in [-0.4, -0.2) is 51.9 Å². The zero-order valence-electron chi connectivity index (χ0n) is 8.56. The number of nitrogens with zero attached hydrogens (tertiary/aromatic N) is 2. The van der Waals surface area contributed by atoms with Crippen LogP contribution in [0, 0.1) is 0 Å². The largest absolute Gasteiger partial charge is 0.815 e. The third-order valence-electron chi connectivity index (χ3n) is 3.92. The van der Waals surface area contributed by atoms with Gasteiger partial charge in [0.25, 0.3) is 0 Å². The second-order valence-electron chi connectivity index (χ2n) is 4.70. The van der Waals surface area contributed by atoms with Crippen LogP contribution in [0.15, 0.2) is 0 Å². The first-order chi connectivity index (χ1) is 7.12. The molecule has 0 aromatic rings. The molecule has 0 bridgehead atoms. The van der Waals surface area contributed by atoms with Gasteiger partial charge >= 0.3 is 0 Å². The summed E-state index contributed by atoms with van der Waals surface area (Å²) in [5.41, 5.74) is 0. The molecule has 0 aromatic carbocycles. The minimum absolute atomic E-state index is 0.0514. The molecule has 0 unspecified atom stereocenters. The van der Waals surface area contributed by atoms with Crippen molar-refractivity contribution in [3.63, 3.8) is 0 Å². The lowest BCUT2D eigenvalue weighted by Crippen LogP contribution is -2.76. The summed E-state index contributed by atoms with van der Waals surface area (Å²) in [5.74, 6) is -2.00. The Labute approximate surface area is 88.3 Å². The Morgan fingerprint density at radius 3 is 2.87 bits per heavy atom. The van der Waals surface area contributed by atoms with Crippen LogP contribution in [0.3, 0.4) is 0 Å². The molecule has 84 valence electrons. The van der Waals surface area contributed by atoms with Gasteiger partial charge in [0.1, 0.15) is 0 Å². The van der Waals surface area contributed by atoms with Crippen molar-refractivity contribution < 1.29 is 15.0 Å². The van der Waals surface area contributed by atoms with Crippen molar-refractivity contribution >= 4 is 5.91 Å². The molecule has 3 rings (SSSR count). The number of carbonyl (C=O) groups is 1. The molecule has 1 amide bonds. The highest BCUT2D eigenvalue weighted by molar-refractivity contribution is 5.84. The molecule has 0 spiro atoms. The van der Waals surface area contributed by atoms with Gasteiger partial charge in [-0.3, -0.25) is 9.69 Å². The van der Waals surface area contributed by atoms with Gasteiger partial charge in [0, 0.05) is 13.1 Å². The second-order valence-corrected chi connectivity index (χ2v) is 4.70. The van der Waals surface area contributed by atoms with Crippen LogP contribution in [-0.2, 0) is 4.79 Å². The molecule has 0 aromatic heterocycles. The van der Waals surface area contributed by atoms with Crippen molar-refractivity contribution in [2.45, 2.75) is 43.7 Å². The second kappa shape index (κ2) is 2.93. The monoisotopic (exact) mass is 211 g/mol. The molecule has 3 aliphatic rings. The quantitative estimate of drug-likeness (QED) is 0.493. The van der Waals surface area contributed by atoms with Gasteiger partial charge in [0.05, 0.1) is 18.0 Å². The van der Waals surface area contributed by atoms with Crippen molar-refractivity contribution in [3.05, 3.63) is 0 Å². The number of carbonyl (C=O) groups excluding carboxylic acids is 1. The Balaban J connectivity index is 1.99. The maximum absolute atomic E-state index is 12.2. The molecule has 5 heteroatoms. The number of piperazine rings is 1. The van der Waals surface area contributed by atoms with Crippen molar-refractivity contribution in [3.8, 4) is 0 Å². The minimum Gasteiger partial charge on any atom is -0.815 e. The fraction of sp³-hybridized carbons (Fsp3) is 0.900. The van der Waals surface area contributed by atoms with Gasteiger partial charge in [-0.2, -0.15) is 0 Å². The zero-order valence-corrected chi connectivity index (χ0v) is 8.56. The van der Waals surface area contributed by atoms with Gasteiger partial charge in [0.15, 0.2) is 0 Å². The Bertz CT molecular complexity index is 279. The van der Waals surface area contributed by atoms with Crippen LogP contribution in [0.25, 0.3) is 0 Å². The van der Waals surface area contributed by atoms with E-state index in [1.807, 2.05) is 0 Å². The molecule has 0 aliphatic carbocycles. The molecular weight excluding hydrogens is 196 g/mol. The van der Waals surface area contributed by atoms with E-state index in [4.69, 9.17) is 0 Å². The molecular formula is C10H15N2O3-. The van der Waals surface area contributed by atoms with Gasteiger partial charge in [-0.05, 0) is 25.7 Å². The first-order valence-electron chi connectivity index (χ1n) is 5.62. The summed E-state index contributed by atoms with van der Waals surface area (Å²) in [4.78, 5) is 15.1. The van der Waals surface area contributed by atoms with E-state index < -0.39 is 12.0 Å². The Hall–Kier alpha value is -0.650. The van der Waals surface area contributed by atoms with Crippen LogP contribution in [0.4, 0.5) is 0 Å². The van der Waals surface area contributed by atoms with Crippen molar-refractivity contribution in [1.29, 1.82) is 0 Å². The number of hydrogen-bond acceptors (Lipinski definition) is 4. The van der Waals surface area contributed by atoms with Gasteiger partial charge in [0.2, 0.25) is 5.91 Å². The lowest BCUT2D eigenvalue weighted by Gasteiger charge is -2.56. The number of fused-ring (bicyclic) bond motifs is 2. The van der Waals surface area contributed by atoms with Crippen LogP contribution >= 0.6 is 0 Å². The van der Waals surface area contributed by atoms with E-state index in [0.717, 1.165) is 12.8 Å². The number of aliphatic hydroxyl groups is 1. The van der Waals surface area contributed by atoms with E-state index in [9.17, 15) is 15.0 Å². The van der Waals surface area contributed by atoms with E-state index in [0.29, 0.717) is 25.9 Å². The molecule has 3 heterocycles. The van der Waals surface area contributed by atoms with Crippen LogP contribution in [0.2, 0.25) is 0 Å². The smallest absolute Gasteiger partial charge is 0.240 e. The predicted octanol–water partition coefficient (Wildman–Crippen LogP) is -1.54. The van der Waals surface area contributed by atoms with Crippen LogP contribution < -0.4 is 5.11 Å². The van der Waals surface area contributed by atoms with Crippen molar-refractivity contribution in [2.75, 3.05) is 13.1 Å². The summed E-state index contributed by atoms with van der Waals surface area (Å²) in [6.07, 6.45) is 3.02. The molecule has 5 nitrogen and oxygen atoms in total. The lowest BCUT2D eigenvalue weighted by molar-refractivity contribution is -0.604. The molecule has 0 radical (unpaired) electrons. The highest BCUT2D eigenvalue weighted by atomic mass is 16.5. The molecule has 3 saturated heterocycles. The fourth-order valence-corrected chi connectivity index (χ4v) is 3.21. The SMILES string of the molecule is O=C1[C@@H]2CCCN2[C@@]([O-])(O)[C@@H]2CCCN12. The number of rotatable bonds is 0. The predicted molar refractivity (Wildman–Crippen MR) is 49.4 cm³/mol. The first kappa shape index (κ1) is 9.57. The average molecular weight is 211 g/mol. The standard InChI is InChI=1S/C10H15N2O3/c13-9-7-3-1-6-12(7)10(14,15)8-4-2-5-11(8)9/h7-8,14H,1-6H2/q-1/t7-,8-,10+/m0/s1. The highest BCUT2D eigenvalue weighted by Crippen LogP contribution is 2.37. The third kappa shape index (κ3) is 1.11. The molecule has 1 N–H and O–H groups in total. The Morgan fingerprint density at radius 1 is 1.33 bits per heavy atom. The summed E-state index contributed by atoms with van der Waals surface area (Å²) in [7, 11) is 0. The van der Waals surface area contributed by atoms with Gasteiger partial charge < -0.3 is 15.1 Å². The maximum atomic E-state index is 12.2. The molecule has 15 heavy (non-hydrogen) atoms. The molecule has 3 fully saturated rings. The molecule has 3 atom stereocenters. The zero-order chi connectivity index (χ0) is 10.6. The summed E-state index contributed by atoms with van der Waals surface area (Å²) < 4.78 is 0. The maximum Gasteiger partial charge on any atom is 0.240 e. The van der Waals surface area contributed by atoms with E-state index in [1.165, 1.54) is 4.90 Å². The summed E-state index contributed by atoms with van der Waals surface area (Å²) in [6.45, 7) is 1.19. The number of amides is 1. The fourth-order valence-electron chi connectivity index (χ4n) is 3.21. The van der Waals surface area contributed by atoms with Gasteiger partial charge in [-0.25, -0.2) is 0 Å². The summed E-state index contributed by atoms with van der Waals surface area (Å²) in [5, 5.41) is 22.2. The highest BCUT2D eigenvalue weighted by Gasteiger charge is 2.52. The van der Waals surface area contributed by atoms with E-state index in [1.54, 1.807) is 4.90 Å². The molecule has 0 saturated carbocycles. The van der Waals surface area contributed by atoms with Crippen molar-refractivity contribution in [2.24, 2.45) is 0 Å². The van der Waals surface area contributed by atoms with E-state index >= 15 is 0 Å². The van der Waals surface area contributed by atoms with Gasteiger partial charge in [-0.15, -0.1) is 0 Å². The lowest BCUT2D eigenvalue weighted by atomic mass is 10.0. The van der Waals surface area contributed by atoms with Crippen LogP contribution in [0.1, 0.15) is 25.7 Å². The Morgan fingerprint density at radius 2 is 2.07 bits per heavy atom. The van der Waals surface area contributed by atoms with Crippen molar-refractivity contribution in [1.82, 2.24) is 9.80 Å². The number of hydrogen-bond donors (Lipinski definition) is 1. The van der Waals surface area contributed by atoms with Gasteiger partial charge in [-0.1, -0.05) is 0 Å². The van der Waals surface area contributed by atoms with E-state index in [-0.39, 0.29) is 11.9 Å². The molecule has 3 aliphatic heterocycles. The Kier molecular flexibility index (Phi) is 1.87. The third-order valence-corrected chi connectivity index (χ3v) is 3.92. The van der Waals surface area contributed by atoms with E-state index in [2.05, 4.69) is 0 Å². The van der Waals surface area contributed by atoms with Crippen LogP contribution in [0.5, 0.6) is 0 Å².